The Hall–Kier alpha value is -0.590. The summed E-state index contributed by atoms with van der Waals surface area (Å²) in [4.78, 5) is 0. The van der Waals surface area contributed by atoms with E-state index < -0.39 is 10.0 Å². The molecule has 0 bridgehead atoms. The average molecular weight is 335 g/mol. The first-order chi connectivity index (χ1) is 8.28. The van der Waals surface area contributed by atoms with Crippen LogP contribution in [0.2, 0.25) is 0 Å². The summed E-state index contributed by atoms with van der Waals surface area (Å²) < 4.78 is 27.1. The Morgan fingerprint density at radius 3 is 2.50 bits per heavy atom. The number of aryl methyl sites for hydroxylation is 1. The maximum absolute atomic E-state index is 11.8. The SMILES string of the molecule is Cc1cc(Br)cc(NS(=O)(=O)CCNC(C)C)c1. The van der Waals surface area contributed by atoms with Gasteiger partial charge in [0.25, 0.3) is 0 Å². The van der Waals surface area contributed by atoms with Crippen LogP contribution in [0, 0.1) is 6.92 Å². The summed E-state index contributed by atoms with van der Waals surface area (Å²) >= 11 is 3.35. The lowest BCUT2D eigenvalue weighted by atomic mass is 10.2. The molecule has 0 fully saturated rings. The van der Waals surface area contributed by atoms with Gasteiger partial charge in [0.1, 0.15) is 0 Å². The molecule has 0 aliphatic rings. The van der Waals surface area contributed by atoms with Crippen molar-refractivity contribution in [2.75, 3.05) is 17.0 Å². The Morgan fingerprint density at radius 2 is 1.94 bits per heavy atom. The normalized spacial score (nSPS) is 11.8. The zero-order valence-corrected chi connectivity index (χ0v) is 13.2. The van der Waals surface area contributed by atoms with Crippen molar-refractivity contribution in [3.8, 4) is 0 Å². The molecule has 1 rings (SSSR count). The molecule has 0 saturated carbocycles. The highest BCUT2D eigenvalue weighted by molar-refractivity contribution is 9.10. The van der Waals surface area contributed by atoms with Gasteiger partial charge < -0.3 is 5.32 Å². The summed E-state index contributed by atoms with van der Waals surface area (Å²) in [7, 11) is -3.30. The van der Waals surface area contributed by atoms with E-state index >= 15 is 0 Å². The van der Waals surface area contributed by atoms with Gasteiger partial charge in [-0.3, -0.25) is 4.72 Å². The van der Waals surface area contributed by atoms with Crippen molar-refractivity contribution >= 4 is 31.6 Å². The van der Waals surface area contributed by atoms with E-state index in [1.807, 2.05) is 26.8 Å². The van der Waals surface area contributed by atoms with Gasteiger partial charge in [-0.15, -0.1) is 0 Å². The Morgan fingerprint density at radius 1 is 1.28 bits per heavy atom. The molecule has 1 aromatic rings. The average Bonchev–Trinajstić information content (AvgIpc) is 2.12. The monoisotopic (exact) mass is 334 g/mol. The number of rotatable bonds is 6. The molecule has 18 heavy (non-hydrogen) atoms. The van der Waals surface area contributed by atoms with Crippen LogP contribution >= 0.6 is 15.9 Å². The third kappa shape index (κ3) is 5.84. The van der Waals surface area contributed by atoms with Crippen molar-refractivity contribution < 1.29 is 8.42 Å². The maximum atomic E-state index is 11.8. The van der Waals surface area contributed by atoms with Gasteiger partial charge in [0.2, 0.25) is 10.0 Å². The molecule has 4 nitrogen and oxygen atoms in total. The molecule has 1 aromatic carbocycles. The van der Waals surface area contributed by atoms with Gasteiger partial charge in [0.15, 0.2) is 0 Å². The Balaban J connectivity index is 2.64. The standard InChI is InChI=1S/C12H19BrN2O2S/c1-9(2)14-4-5-18(16,17)15-12-7-10(3)6-11(13)8-12/h6-9,14-15H,4-5H2,1-3H3. The van der Waals surface area contributed by atoms with Gasteiger partial charge in [-0.05, 0) is 30.7 Å². The van der Waals surface area contributed by atoms with Crippen LogP contribution in [0.5, 0.6) is 0 Å². The molecular weight excluding hydrogens is 316 g/mol. The fraction of sp³-hybridized carbons (Fsp3) is 0.500. The van der Waals surface area contributed by atoms with Crippen LogP contribution in [0.25, 0.3) is 0 Å². The number of anilines is 1. The molecule has 0 heterocycles. The first-order valence-corrected chi connectivity index (χ1v) is 8.24. The molecule has 0 saturated heterocycles. The molecule has 0 aliphatic heterocycles. The summed E-state index contributed by atoms with van der Waals surface area (Å²) in [6.45, 7) is 6.33. The summed E-state index contributed by atoms with van der Waals surface area (Å²) in [5.74, 6) is 0.0662. The highest BCUT2D eigenvalue weighted by Gasteiger charge is 2.10. The van der Waals surface area contributed by atoms with E-state index in [0.717, 1.165) is 10.0 Å². The highest BCUT2D eigenvalue weighted by atomic mass is 79.9. The zero-order valence-electron chi connectivity index (χ0n) is 10.8. The molecule has 102 valence electrons. The quantitative estimate of drug-likeness (QED) is 0.840. The maximum Gasteiger partial charge on any atom is 0.233 e. The van der Waals surface area contributed by atoms with Gasteiger partial charge in [0, 0.05) is 22.7 Å². The second kappa shape index (κ2) is 6.54. The van der Waals surface area contributed by atoms with Crippen molar-refractivity contribution in [3.63, 3.8) is 0 Å². The number of nitrogens with one attached hydrogen (secondary N) is 2. The van der Waals surface area contributed by atoms with Gasteiger partial charge in [0.05, 0.1) is 5.75 Å². The van der Waals surface area contributed by atoms with E-state index in [1.54, 1.807) is 12.1 Å². The first-order valence-electron chi connectivity index (χ1n) is 5.79. The lowest BCUT2D eigenvalue weighted by Gasteiger charge is -2.11. The second-order valence-corrected chi connectivity index (χ2v) is 7.30. The van der Waals surface area contributed by atoms with E-state index in [4.69, 9.17) is 0 Å². The Labute approximate surface area is 117 Å². The molecular formula is C12H19BrN2O2S. The fourth-order valence-corrected chi connectivity index (χ4v) is 3.08. The van der Waals surface area contributed by atoms with Crippen molar-refractivity contribution in [1.29, 1.82) is 0 Å². The molecule has 0 atom stereocenters. The lowest BCUT2D eigenvalue weighted by molar-refractivity contribution is 0.582. The molecule has 0 radical (unpaired) electrons. The predicted octanol–water partition coefficient (Wildman–Crippen LogP) is 2.50. The molecule has 0 aliphatic carbocycles. The summed E-state index contributed by atoms with van der Waals surface area (Å²) in [6.07, 6.45) is 0. The first kappa shape index (κ1) is 15.5. The zero-order chi connectivity index (χ0) is 13.8. The minimum atomic E-state index is -3.30. The fourth-order valence-electron chi connectivity index (χ4n) is 1.51. The smallest absolute Gasteiger partial charge is 0.233 e. The third-order valence-electron chi connectivity index (χ3n) is 2.24. The van der Waals surface area contributed by atoms with Crippen LogP contribution in [0.1, 0.15) is 19.4 Å². The number of hydrogen-bond acceptors (Lipinski definition) is 3. The van der Waals surface area contributed by atoms with Crippen LogP contribution in [-0.2, 0) is 10.0 Å². The van der Waals surface area contributed by atoms with Crippen LogP contribution in [0.3, 0.4) is 0 Å². The van der Waals surface area contributed by atoms with Crippen LogP contribution in [0.4, 0.5) is 5.69 Å². The summed E-state index contributed by atoms with van der Waals surface area (Å²) in [5, 5.41) is 3.08. The topological polar surface area (TPSA) is 58.2 Å². The Kier molecular flexibility index (Phi) is 5.62. The van der Waals surface area contributed by atoms with Gasteiger partial charge in [-0.25, -0.2) is 8.42 Å². The molecule has 0 spiro atoms. The van der Waals surface area contributed by atoms with Crippen molar-refractivity contribution in [2.45, 2.75) is 26.8 Å². The summed E-state index contributed by atoms with van der Waals surface area (Å²) in [6, 6.07) is 5.77. The Bertz CT molecular complexity index is 481. The number of hydrogen-bond donors (Lipinski definition) is 2. The van der Waals surface area contributed by atoms with Crippen LogP contribution in [-0.4, -0.2) is 26.8 Å². The van der Waals surface area contributed by atoms with Gasteiger partial charge in [-0.1, -0.05) is 29.8 Å². The minimum absolute atomic E-state index is 0.0662. The van der Waals surface area contributed by atoms with E-state index in [0.29, 0.717) is 12.2 Å². The van der Waals surface area contributed by atoms with Crippen LogP contribution in [0.15, 0.2) is 22.7 Å². The van der Waals surface area contributed by atoms with E-state index in [2.05, 4.69) is 26.0 Å². The molecule has 6 heteroatoms. The number of halogens is 1. The van der Waals surface area contributed by atoms with Crippen molar-refractivity contribution in [2.24, 2.45) is 0 Å². The predicted molar refractivity (Wildman–Crippen MR) is 79.4 cm³/mol. The van der Waals surface area contributed by atoms with Gasteiger partial charge >= 0.3 is 0 Å². The van der Waals surface area contributed by atoms with E-state index in [9.17, 15) is 8.42 Å². The van der Waals surface area contributed by atoms with Crippen molar-refractivity contribution in [1.82, 2.24) is 5.32 Å². The van der Waals surface area contributed by atoms with Crippen molar-refractivity contribution in [3.05, 3.63) is 28.2 Å². The summed E-state index contributed by atoms with van der Waals surface area (Å²) in [5.41, 5.74) is 1.59. The van der Waals surface area contributed by atoms with E-state index in [-0.39, 0.29) is 11.8 Å². The largest absolute Gasteiger partial charge is 0.313 e. The number of sulfonamides is 1. The minimum Gasteiger partial charge on any atom is -0.313 e. The molecule has 0 aromatic heterocycles. The third-order valence-corrected chi connectivity index (χ3v) is 3.98. The molecule has 0 unspecified atom stereocenters. The molecule has 0 amide bonds. The van der Waals surface area contributed by atoms with Gasteiger partial charge in [-0.2, -0.15) is 0 Å². The number of benzene rings is 1. The lowest BCUT2D eigenvalue weighted by Crippen LogP contribution is -2.30. The second-order valence-electron chi connectivity index (χ2n) is 4.55. The van der Waals surface area contributed by atoms with Crippen LogP contribution < -0.4 is 10.0 Å². The van der Waals surface area contributed by atoms with E-state index in [1.165, 1.54) is 0 Å². The molecule has 2 N–H and O–H groups in total. The highest BCUT2D eigenvalue weighted by Crippen LogP contribution is 2.19.